The van der Waals surface area contributed by atoms with Gasteiger partial charge < -0.3 is 25.2 Å². The van der Waals surface area contributed by atoms with E-state index in [0.29, 0.717) is 69.4 Å². The maximum Gasteiger partial charge on any atom is 0.407 e. The molecule has 2 heterocycles. The number of hydrogen-bond donors (Lipinski definition) is 3. The molecule has 1 aromatic heterocycles. The number of anilines is 1. The minimum absolute atomic E-state index is 0.0171. The number of benzene rings is 3. The van der Waals surface area contributed by atoms with Gasteiger partial charge >= 0.3 is 12.1 Å². The third-order valence-electron chi connectivity index (χ3n) is 6.91. The zero-order valence-corrected chi connectivity index (χ0v) is 22.1. The second-order valence-corrected chi connectivity index (χ2v) is 10.1. The Bertz CT molecular complexity index is 1410. The highest BCUT2D eigenvalue weighted by Crippen LogP contribution is 2.39. The number of carbonyl (C=O) groups is 1. The van der Waals surface area contributed by atoms with Gasteiger partial charge in [-0.15, -0.1) is 0 Å². The molecule has 1 fully saturated rings. The van der Waals surface area contributed by atoms with Crippen LogP contribution in [0.25, 0.3) is 10.9 Å². The average Bonchev–Trinajstić information content (AvgIpc) is 2.93. The highest BCUT2D eigenvalue weighted by molar-refractivity contribution is 6.30. The predicted molar refractivity (Wildman–Crippen MR) is 147 cm³/mol. The highest BCUT2D eigenvalue weighted by atomic mass is 35.5. The van der Waals surface area contributed by atoms with Crippen molar-refractivity contribution in [2.24, 2.45) is 0 Å². The summed E-state index contributed by atoms with van der Waals surface area (Å²) in [4.78, 5) is 21.8. The molecule has 1 aliphatic rings. The molecule has 0 radical (unpaired) electrons. The number of aromatic nitrogens is 2. The van der Waals surface area contributed by atoms with Gasteiger partial charge in [0.05, 0.1) is 12.6 Å². The zero-order chi connectivity index (χ0) is 26.9. The number of amides is 1. The Morgan fingerprint density at radius 2 is 1.50 bits per heavy atom. The second kappa shape index (κ2) is 10.6. The summed E-state index contributed by atoms with van der Waals surface area (Å²) in [5, 5.41) is 26.9. The number of carboxylic acid groups (broad SMARTS) is 1. The minimum Gasteiger partial charge on any atom is -0.467 e. The Balaban J connectivity index is 1.60. The fourth-order valence-electron chi connectivity index (χ4n) is 4.82. The quantitative estimate of drug-likeness (QED) is 0.260. The van der Waals surface area contributed by atoms with Crippen LogP contribution in [0, 0.1) is 0 Å². The molecule has 0 aliphatic carbocycles. The van der Waals surface area contributed by atoms with E-state index in [-0.39, 0.29) is 12.1 Å². The molecule has 3 N–H and O–H groups in total. The van der Waals surface area contributed by atoms with Gasteiger partial charge in [-0.05, 0) is 65.9 Å². The van der Waals surface area contributed by atoms with Crippen molar-refractivity contribution in [3.05, 3.63) is 93.5 Å². The lowest BCUT2D eigenvalue weighted by molar-refractivity contribution is 0.126. The molecule has 8 nitrogen and oxygen atoms in total. The fraction of sp³-hybridized carbons (Fsp3) is 0.250. The number of nitrogens with one attached hydrogen (secondary N) is 1. The summed E-state index contributed by atoms with van der Waals surface area (Å²) in [5.74, 6) is 0.553. The van der Waals surface area contributed by atoms with Gasteiger partial charge in [-0.1, -0.05) is 53.5 Å². The first-order chi connectivity index (χ1) is 18.3. The van der Waals surface area contributed by atoms with Gasteiger partial charge in [-0.3, -0.25) is 0 Å². The van der Waals surface area contributed by atoms with Crippen molar-refractivity contribution < 1.29 is 19.7 Å². The number of ether oxygens (including phenoxy) is 1. The molecule has 5 rings (SSSR count). The van der Waals surface area contributed by atoms with E-state index < -0.39 is 11.7 Å². The summed E-state index contributed by atoms with van der Waals surface area (Å²) in [7, 11) is 1.50. The number of likely N-dealkylation sites (tertiary alicyclic amines) is 1. The topological polar surface area (TPSA) is 108 Å². The Morgan fingerprint density at radius 3 is 2.03 bits per heavy atom. The van der Waals surface area contributed by atoms with Crippen molar-refractivity contribution >= 4 is 46.0 Å². The molecule has 1 saturated heterocycles. The van der Waals surface area contributed by atoms with Gasteiger partial charge in [0.2, 0.25) is 0 Å². The summed E-state index contributed by atoms with van der Waals surface area (Å²) >= 11 is 12.3. The molecule has 1 amide bonds. The largest absolute Gasteiger partial charge is 0.467 e. The van der Waals surface area contributed by atoms with Crippen LogP contribution in [0.2, 0.25) is 10.0 Å². The van der Waals surface area contributed by atoms with Crippen LogP contribution in [0.3, 0.4) is 0 Å². The smallest absolute Gasteiger partial charge is 0.407 e. The van der Waals surface area contributed by atoms with Gasteiger partial charge in [0.15, 0.2) is 0 Å². The van der Waals surface area contributed by atoms with E-state index in [1.54, 1.807) is 48.5 Å². The first-order valence-electron chi connectivity index (χ1n) is 12.1. The van der Waals surface area contributed by atoms with E-state index >= 15 is 0 Å². The lowest BCUT2D eigenvalue weighted by Gasteiger charge is -2.32. The van der Waals surface area contributed by atoms with Crippen LogP contribution in [-0.4, -0.2) is 57.4 Å². The maximum atomic E-state index is 12.3. The molecular formula is C28H26Cl2N4O4. The van der Waals surface area contributed by atoms with Crippen molar-refractivity contribution in [3.8, 4) is 6.01 Å². The third kappa shape index (κ3) is 5.07. The standard InChI is InChI=1S/C28H26Cl2N4O4/c1-38-26-32-24-11-6-19(16-23(24)25(33-26)31-22-12-14-34(15-13-22)27(35)36)28(37,17-2-7-20(29)8-3-17)18-4-9-21(30)10-5-18/h2-11,16,22,37H,12-15H2,1H3,(H,35,36)(H,31,32,33). The average molecular weight is 553 g/mol. The summed E-state index contributed by atoms with van der Waals surface area (Å²) in [6, 6.07) is 19.9. The highest BCUT2D eigenvalue weighted by Gasteiger charge is 2.34. The van der Waals surface area contributed by atoms with Crippen LogP contribution in [-0.2, 0) is 5.60 Å². The molecule has 3 aromatic carbocycles. The Hall–Kier alpha value is -3.59. The summed E-state index contributed by atoms with van der Waals surface area (Å²) in [6.07, 6.45) is 0.365. The lowest BCUT2D eigenvalue weighted by atomic mass is 9.80. The monoisotopic (exact) mass is 552 g/mol. The van der Waals surface area contributed by atoms with E-state index in [2.05, 4.69) is 15.3 Å². The lowest BCUT2D eigenvalue weighted by Crippen LogP contribution is -2.41. The number of halogens is 2. The van der Waals surface area contributed by atoms with Crippen LogP contribution >= 0.6 is 23.2 Å². The molecule has 1 aliphatic heterocycles. The van der Waals surface area contributed by atoms with Gasteiger partial charge in [0.25, 0.3) is 0 Å². The van der Waals surface area contributed by atoms with E-state index in [1.807, 2.05) is 18.2 Å². The molecule has 0 unspecified atom stereocenters. The SMILES string of the molecule is COc1nc(NC2CCN(C(=O)O)CC2)c2cc(C(O)(c3ccc(Cl)cc3)c3ccc(Cl)cc3)ccc2n1. The molecule has 0 atom stereocenters. The van der Waals surface area contributed by atoms with E-state index in [0.717, 1.165) is 0 Å². The molecule has 0 saturated carbocycles. The van der Waals surface area contributed by atoms with Crippen molar-refractivity contribution in [3.63, 3.8) is 0 Å². The molecule has 10 heteroatoms. The Labute approximate surface area is 229 Å². The van der Waals surface area contributed by atoms with Crippen molar-refractivity contribution in [1.82, 2.24) is 14.9 Å². The Kier molecular flexibility index (Phi) is 7.29. The summed E-state index contributed by atoms with van der Waals surface area (Å²) < 4.78 is 5.34. The number of methoxy groups -OCH3 is 1. The van der Waals surface area contributed by atoms with E-state index in [1.165, 1.54) is 12.0 Å². The number of piperidine rings is 1. The van der Waals surface area contributed by atoms with Crippen molar-refractivity contribution in [2.45, 2.75) is 24.5 Å². The summed E-state index contributed by atoms with van der Waals surface area (Å²) in [6.45, 7) is 0.872. The first kappa shape index (κ1) is 26.0. The summed E-state index contributed by atoms with van der Waals surface area (Å²) in [5.41, 5.74) is 0.989. The van der Waals surface area contributed by atoms with Crippen molar-refractivity contribution in [1.29, 1.82) is 0 Å². The zero-order valence-electron chi connectivity index (χ0n) is 20.6. The minimum atomic E-state index is -1.52. The van der Waals surface area contributed by atoms with Gasteiger partial charge in [0.1, 0.15) is 11.4 Å². The molecule has 196 valence electrons. The van der Waals surface area contributed by atoms with Crippen LogP contribution in [0.15, 0.2) is 66.7 Å². The third-order valence-corrected chi connectivity index (χ3v) is 7.41. The molecule has 38 heavy (non-hydrogen) atoms. The van der Waals surface area contributed by atoms with Gasteiger partial charge in [0, 0.05) is 34.6 Å². The van der Waals surface area contributed by atoms with E-state index in [4.69, 9.17) is 27.9 Å². The van der Waals surface area contributed by atoms with Crippen LogP contribution in [0.4, 0.5) is 10.6 Å². The number of aliphatic hydroxyl groups is 1. The number of rotatable bonds is 6. The normalized spacial score (nSPS) is 14.5. The molecule has 4 aromatic rings. The van der Waals surface area contributed by atoms with Gasteiger partial charge in [-0.25, -0.2) is 4.79 Å². The Morgan fingerprint density at radius 1 is 0.947 bits per heavy atom. The molecule has 0 bridgehead atoms. The molecule has 0 spiro atoms. The van der Waals surface area contributed by atoms with Crippen molar-refractivity contribution in [2.75, 3.05) is 25.5 Å². The van der Waals surface area contributed by atoms with Crippen LogP contribution in [0.5, 0.6) is 6.01 Å². The first-order valence-corrected chi connectivity index (χ1v) is 12.9. The van der Waals surface area contributed by atoms with Crippen LogP contribution < -0.4 is 10.1 Å². The molecular weight excluding hydrogens is 527 g/mol. The number of hydrogen-bond acceptors (Lipinski definition) is 6. The maximum absolute atomic E-state index is 12.3. The van der Waals surface area contributed by atoms with Gasteiger partial charge in [-0.2, -0.15) is 9.97 Å². The number of fused-ring (bicyclic) bond motifs is 1. The number of nitrogens with zero attached hydrogens (tertiary/aromatic N) is 3. The van der Waals surface area contributed by atoms with Crippen LogP contribution in [0.1, 0.15) is 29.5 Å². The van der Waals surface area contributed by atoms with E-state index in [9.17, 15) is 15.0 Å². The second-order valence-electron chi connectivity index (χ2n) is 9.20. The fourth-order valence-corrected chi connectivity index (χ4v) is 5.08. The predicted octanol–water partition coefficient (Wildman–Crippen LogP) is 5.78.